The van der Waals surface area contributed by atoms with Gasteiger partial charge >= 0.3 is 6.18 Å². The van der Waals surface area contributed by atoms with Crippen LogP contribution >= 0.6 is 0 Å². The molecule has 2 aliphatic rings. The first-order valence-corrected chi connectivity index (χ1v) is 11.6. The maximum atomic E-state index is 14.5. The number of benzene rings is 2. The van der Waals surface area contributed by atoms with Crippen LogP contribution in [0.3, 0.4) is 0 Å². The maximum absolute atomic E-state index is 14.5. The molecule has 2 amide bonds. The fourth-order valence-corrected chi connectivity index (χ4v) is 3.78. The van der Waals surface area contributed by atoms with E-state index in [-0.39, 0.29) is 50.7 Å². The van der Waals surface area contributed by atoms with Gasteiger partial charge in [-0.2, -0.15) is 13.2 Å². The van der Waals surface area contributed by atoms with Crippen molar-refractivity contribution in [3.8, 4) is 5.75 Å². The van der Waals surface area contributed by atoms with Crippen molar-refractivity contribution in [2.45, 2.75) is 50.6 Å². The molecule has 0 aromatic heterocycles. The molecule has 36 heavy (non-hydrogen) atoms. The molecule has 2 atom stereocenters. The number of fused-ring (bicyclic) bond motifs is 13. The van der Waals surface area contributed by atoms with Crippen LogP contribution in [-0.2, 0) is 28.7 Å². The Balaban J connectivity index is 1.68. The highest BCUT2D eigenvalue weighted by atomic mass is 19.4. The Hall–Kier alpha value is -3.18. The summed E-state index contributed by atoms with van der Waals surface area (Å²) in [7, 11) is 0. The Morgan fingerprint density at radius 2 is 1.92 bits per heavy atom. The first-order valence-electron chi connectivity index (χ1n) is 11.6. The lowest BCUT2D eigenvalue weighted by atomic mass is 10.0. The van der Waals surface area contributed by atoms with Crippen LogP contribution in [0.1, 0.15) is 36.0 Å². The molecule has 2 aromatic carbocycles. The van der Waals surface area contributed by atoms with Crippen LogP contribution in [0, 0.1) is 5.82 Å². The van der Waals surface area contributed by atoms with Crippen molar-refractivity contribution in [3.63, 3.8) is 0 Å². The smallest absolute Gasteiger partial charge is 0.416 e. The summed E-state index contributed by atoms with van der Waals surface area (Å²) in [5, 5.41) is 18.8. The van der Waals surface area contributed by atoms with Crippen molar-refractivity contribution in [3.05, 3.63) is 65.0 Å². The van der Waals surface area contributed by atoms with Gasteiger partial charge in [-0.15, -0.1) is 0 Å². The molecule has 0 radical (unpaired) electrons. The topological polar surface area (TPSA) is 99.7 Å². The van der Waals surface area contributed by atoms with Gasteiger partial charge < -0.3 is 25.8 Å². The van der Waals surface area contributed by atoms with Crippen molar-refractivity contribution in [2.75, 3.05) is 19.7 Å². The van der Waals surface area contributed by atoms with E-state index >= 15 is 0 Å². The summed E-state index contributed by atoms with van der Waals surface area (Å²) in [6.07, 6.45) is -4.32. The Labute approximate surface area is 206 Å². The van der Waals surface area contributed by atoms with Crippen LogP contribution < -0.4 is 20.7 Å². The number of carbonyl (C=O) groups excluding carboxylic acids is 2. The van der Waals surface area contributed by atoms with E-state index in [0.717, 1.165) is 12.1 Å². The van der Waals surface area contributed by atoms with E-state index in [1.807, 2.05) is 0 Å². The second-order valence-corrected chi connectivity index (χ2v) is 8.62. The number of aliphatic hydroxyl groups excluding tert-OH is 1. The molecule has 7 nitrogen and oxygen atoms in total. The van der Waals surface area contributed by atoms with E-state index in [1.165, 1.54) is 24.3 Å². The molecule has 0 saturated carbocycles. The molecule has 4 N–H and O–H groups in total. The van der Waals surface area contributed by atoms with Crippen LogP contribution in [-0.4, -0.2) is 48.8 Å². The highest BCUT2D eigenvalue weighted by Crippen LogP contribution is 2.29. The van der Waals surface area contributed by atoms with Gasteiger partial charge in [-0.3, -0.25) is 9.59 Å². The van der Waals surface area contributed by atoms with E-state index in [0.29, 0.717) is 24.0 Å². The first-order chi connectivity index (χ1) is 17.1. The Bertz CT molecular complexity index is 1050. The standard InChI is InChI=1S/C25H29F4N3O4/c26-19-11-16-7-8-22(19)36-9-2-1-6-23(34)31-15-24(35)32-20(12-16)21(33)14-30-13-17-4-3-5-18(10-17)25(27,28)29/h3-5,7-8,10-11,20-21,30,33H,1-2,6,9,12-15H2,(H,31,34)(H,32,35). The van der Waals surface area contributed by atoms with Gasteiger partial charge in [0.2, 0.25) is 11.8 Å². The molecule has 2 unspecified atom stereocenters. The number of hydrogen-bond acceptors (Lipinski definition) is 5. The van der Waals surface area contributed by atoms with Crippen molar-refractivity contribution < 1.29 is 37.0 Å². The zero-order chi connectivity index (χ0) is 26.1. The Morgan fingerprint density at radius 1 is 1.11 bits per heavy atom. The second-order valence-electron chi connectivity index (χ2n) is 8.62. The maximum Gasteiger partial charge on any atom is 0.416 e. The quantitative estimate of drug-likeness (QED) is 0.463. The number of halogens is 4. The Kier molecular flexibility index (Phi) is 9.65. The number of alkyl halides is 3. The van der Waals surface area contributed by atoms with Crippen LogP contribution in [0.4, 0.5) is 17.6 Å². The van der Waals surface area contributed by atoms with Gasteiger partial charge in [0.15, 0.2) is 11.6 Å². The molecule has 0 saturated heterocycles. The van der Waals surface area contributed by atoms with E-state index < -0.39 is 35.6 Å². The van der Waals surface area contributed by atoms with Crippen LogP contribution in [0.5, 0.6) is 5.75 Å². The third-order valence-electron chi connectivity index (χ3n) is 5.70. The number of ether oxygens (including phenoxy) is 1. The molecular weight excluding hydrogens is 482 g/mol. The summed E-state index contributed by atoms with van der Waals surface area (Å²) in [6.45, 7) is -0.0535. The molecule has 0 fully saturated rings. The predicted molar refractivity (Wildman–Crippen MR) is 124 cm³/mol. The Morgan fingerprint density at radius 3 is 2.67 bits per heavy atom. The molecule has 2 aliphatic heterocycles. The fraction of sp³-hybridized carbons (Fsp3) is 0.440. The molecule has 0 spiro atoms. The molecule has 2 heterocycles. The minimum absolute atomic E-state index is 0.0539. The second kappa shape index (κ2) is 12.7. The summed E-state index contributed by atoms with van der Waals surface area (Å²) in [6, 6.07) is 8.33. The highest BCUT2D eigenvalue weighted by Gasteiger charge is 2.30. The number of aliphatic hydroxyl groups is 1. The van der Waals surface area contributed by atoms with Gasteiger partial charge in [-0.1, -0.05) is 24.3 Å². The summed E-state index contributed by atoms with van der Waals surface area (Å²) >= 11 is 0. The SMILES string of the molecule is O=C1CCCCOc2ccc(cc2F)CC(C(O)CNCc2cccc(C(F)(F)F)c2)NC(=O)CN1. The predicted octanol–water partition coefficient (Wildman–Crippen LogP) is 2.70. The monoisotopic (exact) mass is 511 g/mol. The van der Waals surface area contributed by atoms with E-state index in [9.17, 15) is 32.3 Å². The molecule has 0 aliphatic carbocycles. The van der Waals surface area contributed by atoms with Gasteiger partial charge in [-0.05, 0) is 48.6 Å². The lowest BCUT2D eigenvalue weighted by Gasteiger charge is -2.25. The summed E-state index contributed by atoms with van der Waals surface area (Å²) in [4.78, 5) is 24.4. The minimum Gasteiger partial charge on any atom is -0.491 e. The zero-order valence-corrected chi connectivity index (χ0v) is 19.5. The summed E-state index contributed by atoms with van der Waals surface area (Å²) in [5.41, 5.74) is 0.0984. The van der Waals surface area contributed by atoms with E-state index in [1.54, 1.807) is 6.07 Å². The molecule has 2 bridgehead atoms. The number of rotatable bonds is 5. The highest BCUT2D eigenvalue weighted by molar-refractivity contribution is 5.84. The van der Waals surface area contributed by atoms with Crippen LogP contribution in [0.25, 0.3) is 0 Å². The first kappa shape index (κ1) is 27.4. The summed E-state index contributed by atoms with van der Waals surface area (Å²) in [5.74, 6) is -1.36. The van der Waals surface area contributed by atoms with Gasteiger partial charge in [0.25, 0.3) is 0 Å². The molecular formula is C25H29F4N3O4. The number of carbonyl (C=O) groups is 2. The van der Waals surface area contributed by atoms with Gasteiger partial charge in [-0.25, -0.2) is 4.39 Å². The van der Waals surface area contributed by atoms with Crippen LogP contribution in [0.2, 0.25) is 0 Å². The van der Waals surface area contributed by atoms with Gasteiger partial charge in [0.05, 0.1) is 30.9 Å². The van der Waals surface area contributed by atoms with E-state index in [4.69, 9.17) is 4.74 Å². The normalized spacial score (nSPS) is 18.8. The zero-order valence-electron chi connectivity index (χ0n) is 19.5. The molecule has 196 valence electrons. The van der Waals surface area contributed by atoms with E-state index in [2.05, 4.69) is 16.0 Å². The minimum atomic E-state index is -4.46. The number of hydrogen-bond donors (Lipinski definition) is 4. The lowest BCUT2D eigenvalue weighted by molar-refractivity contribution is -0.137. The van der Waals surface area contributed by atoms with Crippen LogP contribution in [0.15, 0.2) is 42.5 Å². The number of amides is 2. The van der Waals surface area contributed by atoms with Crippen molar-refractivity contribution in [1.29, 1.82) is 0 Å². The van der Waals surface area contributed by atoms with Crippen molar-refractivity contribution in [1.82, 2.24) is 16.0 Å². The fourth-order valence-electron chi connectivity index (χ4n) is 3.78. The van der Waals surface area contributed by atoms with Gasteiger partial charge in [0.1, 0.15) is 0 Å². The average molecular weight is 512 g/mol. The van der Waals surface area contributed by atoms with Crippen molar-refractivity contribution in [2.24, 2.45) is 0 Å². The lowest BCUT2D eigenvalue weighted by Crippen LogP contribution is -2.51. The molecule has 4 rings (SSSR count). The molecule has 2 aromatic rings. The summed E-state index contributed by atoms with van der Waals surface area (Å²) < 4.78 is 58.7. The molecule has 11 heteroatoms. The van der Waals surface area contributed by atoms with Gasteiger partial charge in [0, 0.05) is 19.5 Å². The third-order valence-corrected chi connectivity index (χ3v) is 5.70. The largest absolute Gasteiger partial charge is 0.491 e. The third kappa shape index (κ3) is 8.49. The average Bonchev–Trinajstić information content (AvgIpc) is 2.82. The number of nitrogens with one attached hydrogen (secondary N) is 3. The van der Waals surface area contributed by atoms with Crippen molar-refractivity contribution >= 4 is 11.8 Å².